The summed E-state index contributed by atoms with van der Waals surface area (Å²) in [4.78, 5) is 26.1. The van der Waals surface area contributed by atoms with Crippen molar-refractivity contribution < 1.29 is 14.7 Å². The minimum Gasteiger partial charge on any atom is -0.478 e. The summed E-state index contributed by atoms with van der Waals surface area (Å²) in [6, 6.07) is 3.20. The van der Waals surface area contributed by atoms with Crippen molar-refractivity contribution in [2.24, 2.45) is 0 Å². The SMILES string of the molecule is CC(C)(C)NC(=O)c1ccc(/C=C/C(=O)O)cn1. The quantitative estimate of drug-likeness (QED) is 0.798. The van der Waals surface area contributed by atoms with Gasteiger partial charge >= 0.3 is 5.97 Å². The van der Waals surface area contributed by atoms with E-state index in [1.807, 2.05) is 20.8 Å². The molecule has 0 aromatic carbocycles. The van der Waals surface area contributed by atoms with Gasteiger partial charge in [-0.15, -0.1) is 0 Å². The highest BCUT2D eigenvalue weighted by atomic mass is 16.4. The van der Waals surface area contributed by atoms with Crippen LogP contribution < -0.4 is 5.32 Å². The third-order valence-electron chi connectivity index (χ3n) is 1.93. The molecule has 1 aromatic heterocycles. The lowest BCUT2D eigenvalue weighted by Crippen LogP contribution is -2.40. The molecule has 0 saturated heterocycles. The molecular weight excluding hydrogens is 232 g/mol. The molecule has 1 heterocycles. The summed E-state index contributed by atoms with van der Waals surface area (Å²) >= 11 is 0. The standard InChI is InChI=1S/C13H16N2O3/c1-13(2,3)15-12(18)10-6-4-9(8-14-10)5-7-11(16)17/h4-8H,1-3H3,(H,15,18)(H,16,17)/b7-5+. The van der Waals surface area contributed by atoms with Crippen LogP contribution in [-0.2, 0) is 4.79 Å². The number of aliphatic carboxylic acids is 1. The van der Waals surface area contributed by atoms with Crippen molar-refractivity contribution in [1.29, 1.82) is 0 Å². The first kappa shape index (κ1) is 13.9. The van der Waals surface area contributed by atoms with Crippen molar-refractivity contribution in [3.05, 3.63) is 35.7 Å². The maximum absolute atomic E-state index is 11.8. The molecule has 18 heavy (non-hydrogen) atoms. The number of rotatable bonds is 3. The molecule has 0 unspecified atom stereocenters. The first-order valence-corrected chi connectivity index (χ1v) is 5.47. The van der Waals surface area contributed by atoms with E-state index in [2.05, 4.69) is 10.3 Å². The number of pyridine rings is 1. The second-order valence-electron chi connectivity index (χ2n) is 4.85. The lowest BCUT2D eigenvalue weighted by molar-refractivity contribution is -0.131. The lowest BCUT2D eigenvalue weighted by Gasteiger charge is -2.20. The van der Waals surface area contributed by atoms with Crippen LogP contribution >= 0.6 is 0 Å². The van der Waals surface area contributed by atoms with Gasteiger partial charge in [-0.1, -0.05) is 6.07 Å². The molecule has 5 nitrogen and oxygen atoms in total. The topological polar surface area (TPSA) is 79.3 Å². The Labute approximate surface area is 106 Å². The average molecular weight is 248 g/mol. The van der Waals surface area contributed by atoms with Crippen molar-refractivity contribution in [2.45, 2.75) is 26.3 Å². The minimum atomic E-state index is -1.02. The zero-order valence-electron chi connectivity index (χ0n) is 10.6. The molecule has 0 aliphatic heterocycles. The average Bonchev–Trinajstić information content (AvgIpc) is 2.24. The molecule has 0 fully saturated rings. The van der Waals surface area contributed by atoms with Gasteiger partial charge in [-0.3, -0.25) is 9.78 Å². The largest absolute Gasteiger partial charge is 0.478 e. The van der Waals surface area contributed by atoms with Gasteiger partial charge in [-0.2, -0.15) is 0 Å². The number of hydrogen-bond acceptors (Lipinski definition) is 3. The third kappa shape index (κ3) is 4.78. The molecule has 0 atom stereocenters. The molecule has 96 valence electrons. The Morgan fingerprint density at radius 2 is 2.00 bits per heavy atom. The Morgan fingerprint density at radius 3 is 2.44 bits per heavy atom. The van der Waals surface area contributed by atoms with E-state index in [4.69, 9.17) is 5.11 Å². The highest BCUT2D eigenvalue weighted by Crippen LogP contribution is 2.05. The number of aromatic nitrogens is 1. The smallest absolute Gasteiger partial charge is 0.328 e. The van der Waals surface area contributed by atoms with E-state index in [1.54, 1.807) is 12.1 Å². The van der Waals surface area contributed by atoms with Gasteiger partial charge in [-0.25, -0.2) is 4.79 Å². The Bertz CT molecular complexity index is 470. The molecule has 2 N–H and O–H groups in total. The van der Waals surface area contributed by atoms with Crippen LogP contribution in [0.3, 0.4) is 0 Å². The number of nitrogens with zero attached hydrogens (tertiary/aromatic N) is 1. The number of carboxylic acid groups (broad SMARTS) is 1. The highest BCUT2D eigenvalue weighted by molar-refractivity contribution is 5.93. The summed E-state index contributed by atoms with van der Waals surface area (Å²) in [7, 11) is 0. The van der Waals surface area contributed by atoms with Gasteiger partial charge in [-0.05, 0) is 38.5 Å². The lowest BCUT2D eigenvalue weighted by atomic mass is 10.1. The molecule has 0 aliphatic carbocycles. The Balaban J connectivity index is 2.77. The highest BCUT2D eigenvalue weighted by Gasteiger charge is 2.15. The first-order valence-electron chi connectivity index (χ1n) is 5.47. The summed E-state index contributed by atoms with van der Waals surface area (Å²) in [6.45, 7) is 5.65. The number of nitrogens with one attached hydrogen (secondary N) is 1. The van der Waals surface area contributed by atoms with Crippen LogP contribution in [-0.4, -0.2) is 27.5 Å². The summed E-state index contributed by atoms with van der Waals surface area (Å²) in [5.74, 6) is -1.28. The first-order chi connectivity index (χ1) is 8.28. The van der Waals surface area contributed by atoms with Crippen LogP contribution in [0.4, 0.5) is 0 Å². The molecular formula is C13H16N2O3. The van der Waals surface area contributed by atoms with Crippen LogP contribution in [0.1, 0.15) is 36.8 Å². The van der Waals surface area contributed by atoms with Gasteiger partial charge in [0.1, 0.15) is 5.69 Å². The third-order valence-corrected chi connectivity index (χ3v) is 1.93. The number of hydrogen-bond donors (Lipinski definition) is 2. The van der Waals surface area contributed by atoms with Crippen LogP contribution in [0, 0.1) is 0 Å². The molecule has 0 bridgehead atoms. The van der Waals surface area contributed by atoms with Gasteiger partial charge < -0.3 is 10.4 Å². The summed E-state index contributed by atoms with van der Waals surface area (Å²) < 4.78 is 0. The number of amides is 1. The maximum atomic E-state index is 11.8. The van der Waals surface area contributed by atoms with Crippen LogP contribution in [0.5, 0.6) is 0 Å². The number of carbonyl (C=O) groups excluding carboxylic acids is 1. The van der Waals surface area contributed by atoms with Crippen molar-refractivity contribution >= 4 is 18.0 Å². The van der Waals surface area contributed by atoms with E-state index in [1.165, 1.54) is 12.3 Å². The van der Waals surface area contributed by atoms with Crippen LogP contribution in [0.2, 0.25) is 0 Å². The fourth-order valence-electron chi connectivity index (χ4n) is 1.21. The van der Waals surface area contributed by atoms with Crippen molar-refractivity contribution in [3.63, 3.8) is 0 Å². The predicted octanol–water partition coefficient (Wildman–Crippen LogP) is 1.71. The Hall–Kier alpha value is -2.17. The molecule has 0 radical (unpaired) electrons. The van der Waals surface area contributed by atoms with E-state index in [0.717, 1.165) is 6.08 Å². The monoisotopic (exact) mass is 248 g/mol. The Kier molecular flexibility index (Phi) is 4.20. The summed E-state index contributed by atoms with van der Waals surface area (Å²) in [5.41, 5.74) is 0.614. The second-order valence-corrected chi connectivity index (χ2v) is 4.85. The molecule has 0 saturated carbocycles. The zero-order valence-corrected chi connectivity index (χ0v) is 10.6. The second kappa shape index (κ2) is 5.44. The number of carbonyl (C=O) groups is 2. The van der Waals surface area contributed by atoms with Crippen LogP contribution in [0.25, 0.3) is 6.08 Å². The van der Waals surface area contributed by atoms with Crippen molar-refractivity contribution in [1.82, 2.24) is 10.3 Å². The van der Waals surface area contributed by atoms with Crippen molar-refractivity contribution in [3.8, 4) is 0 Å². The molecule has 5 heteroatoms. The normalized spacial score (nSPS) is 11.5. The summed E-state index contributed by atoms with van der Waals surface area (Å²) in [5, 5.41) is 11.3. The van der Waals surface area contributed by atoms with E-state index in [9.17, 15) is 9.59 Å². The van der Waals surface area contributed by atoms with Gasteiger partial charge in [0.15, 0.2) is 0 Å². The fraction of sp³-hybridized carbons (Fsp3) is 0.308. The van der Waals surface area contributed by atoms with Gasteiger partial charge in [0.05, 0.1) is 0 Å². The molecule has 1 aromatic rings. The Morgan fingerprint density at radius 1 is 1.33 bits per heavy atom. The summed E-state index contributed by atoms with van der Waals surface area (Å²) in [6.07, 6.45) is 3.89. The minimum absolute atomic E-state index is 0.253. The van der Waals surface area contributed by atoms with E-state index < -0.39 is 5.97 Å². The van der Waals surface area contributed by atoms with Crippen LogP contribution in [0.15, 0.2) is 24.4 Å². The van der Waals surface area contributed by atoms with E-state index in [-0.39, 0.29) is 11.4 Å². The van der Waals surface area contributed by atoms with E-state index in [0.29, 0.717) is 11.3 Å². The zero-order chi connectivity index (χ0) is 13.8. The van der Waals surface area contributed by atoms with Crippen molar-refractivity contribution in [2.75, 3.05) is 0 Å². The van der Waals surface area contributed by atoms with E-state index >= 15 is 0 Å². The molecule has 1 rings (SSSR count). The fourth-order valence-corrected chi connectivity index (χ4v) is 1.21. The molecule has 1 amide bonds. The number of carboxylic acids is 1. The van der Waals surface area contributed by atoms with Gasteiger partial charge in [0.25, 0.3) is 5.91 Å². The predicted molar refractivity (Wildman–Crippen MR) is 68.1 cm³/mol. The van der Waals surface area contributed by atoms with Gasteiger partial charge in [0.2, 0.25) is 0 Å². The maximum Gasteiger partial charge on any atom is 0.328 e. The molecule has 0 spiro atoms. The molecule has 0 aliphatic rings. The van der Waals surface area contributed by atoms with Gasteiger partial charge in [0, 0.05) is 17.8 Å².